The Labute approximate surface area is 138 Å². The number of nitrogens with one attached hydrogen (secondary N) is 1. The topological polar surface area (TPSA) is 69.6 Å². The Balaban J connectivity index is 1.79. The Kier molecular flexibility index (Phi) is 4.46. The lowest BCUT2D eigenvalue weighted by molar-refractivity contribution is 0.0792. The van der Waals surface area contributed by atoms with Crippen LogP contribution in [0.4, 0.5) is 10.1 Å². The molecule has 24 heavy (non-hydrogen) atoms. The predicted molar refractivity (Wildman–Crippen MR) is 87.6 cm³/mol. The van der Waals surface area contributed by atoms with Gasteiger partial charge in [-0.05, 0) is 43.2 Å². The van der Waals surface area contributed by atoms with Crippen molar-refractivity contribution in [2.45, 2.75) is 12.8 Å². The molecule has 2 amide bonds. The van der Waals surface area contributed by atoms with Crippen LogP contribution in [0.3, 0.4) is 0 Å². The van der Waals surface area contributed by atoms with E-state index in [2.05, 4.69) is 5.32 Å². The van der Waals surface area contributed by atoms with Crippen LogP contribution in [0.15, 0.2) is 42.5 Å². The van der Waals surface area contributed by atoms with Gasteiger partial charge in [-0.3, -0.25) is 9.59 Å². The summed E-state index contributed by atoms with van der Waals surface area (Å²) >= 11 is 0. The summed E-state index contributed by atoms with van der Waals surface area (Å²) in [6.07, 6.45) is 1.99. The van der Waals surface area contributed by atoms with Crippen molar-refractivity contribution < 1.29 is 19.1 Å². The average molecular weight is 328 g/mol. The molecule has 0 radical (unpaired) electrons. The van der Waals surface area contributed by atoms with Crippen LogP contribution >= 0.6 is 0 Å². The second-order valence-corrected chi connectivity index (χ2v) is 5.67. The molecule has 0 aromatic heterocycles. The molecule has 0 bridgehead atoms. The highest BCUT2D eigenvalue weighted by atomic mass is 19.1. The zero-order chi connectivity index (χ0) is 17.1. The van der Waals surface area contributed by atoms with E-state index in [0.717, 1.165) is 32.0 Å². The van der Waals surface area contributed by atoms with E-state index in [1.54, 1.807) is 29.2 Å². The fourth-order valence-electron chi connectivity index (χ4n) is 2.76. The number of nitrogens with zero attached hydrogens (tertiary/aromatic N) is 1. The molecule has 3 rings (SSSR count). The van der Waals surface area contributed by atoms with E-state index in [1.807, 2.05) is 0 Å². The molecule has 2 aromatic rings. The van der Waals surface area contributed by atoms with E-state index in [9.17, 15) is 19.1 Å². The Morgan fingerprint density at radius 3 is 2.50 bits per heavy atom. The molecule has 0 atom stereocenters. The van der Waals surface area contributed by atoms with Crippen LogP contribution in [0.1, 0.15) is 33.6 Å². The van der Waals surface area contributed by atoms with E-state index in [4.69, 9.17) is 0 Å². The molecule has 2 N–H and O–H groups in total. The highest BCUT2D eigenvalue weighted by Gasteiger charge is 2.20. The lowest BCUT2D eigenvalue weighted by atomic mass is 10.1. The maximum Gasteiger partial charge on any atom is 0.262 e. The van der Waals surface area contributed by atoms with Gasteiger partial charge in [-0.15, -0.1) is 0 Å². The van der Waals surface area contributed by atoms with E-state index in [1.165, 1.54) is 12.1 Å². The monoisotopic (exact) mass is 328 g/mol. The van der Waals surface area contributed by atoms with Crippen LogP contribution < -0.4 is 5.32 Å². The number of rotatable bonds is 3. The van der Waals surface area contributed by atoms with Crippen LogP contribution in [-0.4, -0.2) is 34.9 Å². The van der Waals surface area contributed by atoms with Gasteiger partial charge in [-0.2, -0.15) is 0 Å². The summed E-state index contributed by atoms with van der Waals surface area (Å²) in [4.78, 5) is 26.3. The summed E-state index contributed by atoms with van der Waals surface area (Å²) in [5.74, 6) is -2.10. The minimum absolute atomic E-state index is 0.0858. The lowest BCUT2D eigenvalue weighted by Crippen LogP contribution is -2.27. The average Bonchev–Trinajstić information content (AvgIpc) is 3.08. The second-order valence-electron chi connectivity index (χ2n) is 5.67. The van der Waals surface area contributed by atoms with Crippen molar-refractivity contribution in [2.75, 3.05) is 18.4 Å². The maximum absolute atomic E-state index is 13.7. The minimum atomic E-state index is -0.809. The van der Waals surface area contributed by atoms with Gasteiger partial charge in [0.05, 0.1) is 0 Å². The first-order chi connectivity index (χ1) is 11.6. The molecule has 6 heteroatoms. The molecule has 0 aliphatic carbocycles. The van der Waals surface area contributed by atoms with E-state index in [-0.39, 0.29) is 5.91 Å². The Morgan fingerprint density at radius 1 is 1.08 bits per heavy atom. The third-order valence-corrected chi connectivity index (χ3v) is 3.98. The molecular formula is C18H17FN2O3. The first kappa shape index (κ1) is 16.0. The number of halogens is 1. The van der Waals surface area contributed by atoms with Gasteiger partial charge in [0.25, 0.3) is 11.8 Å². The van der Waals surface area contributed by atoms with Crippen LogP contribution in [0.25, 0.3) is 0 Å². The Bertz CT molecular complexity index is 765. The van der Waals surface area contributed by atoms with E-state index in [0.29, 0.717) is 11.3 Å². The molecule has 1 saturated heterocycles. The largest absolute Gasteiger partial charge is 0.507 e. The Morgan fingerprint density at radius 2 is 1.79 bits per heavy atom. The standard InChI is InChI=1S/C18H17FN2O3/c19-14-7-4-8-15(22)16(14)17(23)20-13-6-3-5-12(11-13)18(24)21-9-1-2-10-21/h3-8,11,22H,1-2,9-10H2,(H,20,23). The number of benzene rings is 2. The van der Waals surface area contributed by atoms with Gasteiger partial charge in [0.2, 0.25) is 0 Å². The summed E-state index contributed by atoms with van der Waals surface area (Å²) in [6, 6.07) is 10.1. The third kappa shape index (κ3) is 3.22. The zero-order valence-electron chi connectivity index (χ0n) is 13.0. The fourth-order valence-corrected chi connectivity index (χ4v) is 2.76. The van der Waals surface area contributed by atoms with Crippen molar-refractivity contribution in [3.63, 3.8) is 0 Å². The smallest absolute Gasteiger partial charge is 0.262 e. The number of hydrogen-bond donors (Lipinski definition) is 2. The van der Waals surface area contributed by atoms with Crippen LogP contribution in [0, 0.1) is 5.82 Å². The number of amides is 2. The molecule has 0 unspecified atom stereocenters. The molecule has 1 fully saturated rings. The van der Waals surface area contributed by atoms with Gasteiger partial charge in [0.15, 0.2) is 0 Å². The van der Waals surface area contributed by atoms with Gasteiger partial charge >= 0.3 is 0 Å². The number of likely N-dealkylation sites (tertiary alicyclic amines) is 1. The summed E-state index contributed by atoms with van der Waals surface area (Å²) in [5, 5.41) is 12.2. The van der Waals surface area contributed by atoms with Crippen molar-refractivity contribution in [1.29, 1.82) is 0 Å². The molecule has 1 aliphatic rings. The highest BCUT2D eigenvalue weighted by molar-refractivity contribution is 6.07. The summed E-state index contributed by atoms with van der Waals surface area (Å²) in [7, 11) is 0. The van der Waals surface area contributed by atoms with Crippen LogP contribution in [0.2, 0.25) is 0 Å². The third-order valence-electron chi connectivity index (χ3n) is 3.98. The molecule has 0 saturated carbocycles. The predicted octanol–water partition coefficient (Wildman–Crippen LogP) is 3.02. The van der Waals surface area contributed by atoms with Crippen LogP contribution in [0.5, 0.6) is 5.75 Å². The van der Waals surface area contributed by atoms with Gasteiger partial charge in [-0.25, -0.2) is 4.39 Å². The molecule has 0 spiro atoms. The minimum Gasteiger partial charge on any atom is -0.507 e. The van der Waals surface area contributed by atoms with E-state index >= 15 is 0 Å². The maximum atomic E-state index is 13.7. The first-order valence-electron chi connectivity index (χ1n) is 7.74. The SMILES string of the molecule is O=C(Nc1cccc(C(=O)N2CCCC2)c1)c1c(O)cccc1F. The number of phenols is 1. The van der Waals surface area contributed by atoms with Gasteiger partial charge < -0.3 is 15.3 Å². The van der Waals surface area contributed by atoms with E-state index < -0.39 is 23.0 Å². The molecule has 1 heterocycles. The zero-order valence-corrected chi connectivity index (χ0v) is 13.0. The fraction of sp³-hybridized carbons (Fsp3) is 0.222. The number of carbonyl (C=O) groups excluding carboxylic acids is 2. The van der Waals surface area contributed by atoms with Gasteiger partial charge in [0, 0.05) is 24.3 Å². The number of phenolic OH excluding ortho intramolecular Hbond substituents is 1. The van der Waals surface area contributed by atoms with Crippen molar-refractivity contribution in [1.82, 2.24) is 4.90 Å². The summed E-state index contributed by atoms with van der Waals surface area (Å²) in [5.41, 5.74) is 0.411. The van der Waals surface area contributed by atoms with Crippen molar-refractivity contribution in [3.05, 3.63) is 59.4 Å². The second kappa shape index (κ2) is 6.70. The Hall–Kier alpha value is -2.89. The van der Waals surface area contributed by atoms with Gasteiger partial charge in [0.1, 0.15) is 17.1 Å². The quantitative estimate of drug-likeness (QED) is 0.910. The lowest BCUT2D eigenvalue weighted by Gasteiger charge is -2.16. The molecule has 1 aliphatic heterocycles. The summed E-state index contributed by atoms with van der Waals surface area (Å²) < 4.78 is 13.7. The molecule has 5 nitrogen and oxygen atoms in total. The van der Waals surface area contributed by atoms with Crippen LogP contribution in [-0.2, 0) is 0 Å². The highest BCUT2D eigenvalue weighted by Crippen LogP contribution is 2.22. The molecule has 2 aromatic carbocycles. The van der Waals surface area contributed by atoms with Crippen molar-refractivity contribution in [2.24, 2.45) is 0 Å². The number of aromatic hydroxyl groups is 1. The first-order valence-corrected chi connectivity index (χ1v) is 7.74. The normalized spacial score (nSPS) is 13.8. The van der Waals surface area contributed by atoms with Crippen molar-refractivity contribution in [3.8, 4) is 5.75 Å². The molecular weight excluding hydrogens is 311 g/mol. The number of carbonyl (C=O) groups is 2. The van der Waals surface area contributed by atoms with Gasteiger partial charge in [-0.1, -0.05) is 12.1 Å². The number of anilines is 1. The van der Waals surface area contributed by atoms with Crippen molar-refractivity contribution >= 4 is 17.5 Å². The summed E-state index contributed by atoms with van der Waals surface area (Å²) in [6.45, 7) is 1.47. The molecule has 124 valence electrons. The number of hydrogen-bond acceptors (Lipinski definition) is 3.